The Bertz CT molecular complexity index is 1210. The number of urea groups is 1. The molecule has 1 aliphatic rings. The average Bonchev–Trinajstić information content (AvgIpc) is 3.31. The summed E-state index contributed by atoms with van der Waals surface area (Å²) in [4.78, 5) is 17.7. The zero-order valence-corrected chi connectivity index (χ0v) is 20.6. The van der Waals surface area contributed by atoms with Crippen molar-refractivity contribution in [1.29, 1.82) is 0 Å². The molecule has 2 amide bonds. The topological polar surface area (TPSA) is 54.0 Å². The molecule has 35 heavy (non-hydrogen) atoms. The normalized spacial score (nSPS) is 15.6. The van der Waals surface area contributed by atoms with Crippen LogP contribution in [0.15, 0.2) is 79.0 Å². The van der Waals surface area contributed by atoms with Gasteiger partial charge in [-0.1, -0.05) is 42.5 Å². The van der Waals surface area contributed by atoms with E-state index in [1.807, 2.05) is 18.2 Å². The second kappa shape index (κ2) is 10.3. The quantitative estimate of drug-likeness (QED) is 0.198. The maximum absolute atomic E-state index is 14.6. The van der Waals surface area contributed by atoms with Crippen molar-refractivity contribution in [3.8, 4) is 0 Å². The van der Waals surface area contributed by atoms with Gasteiger partial charge in [0, 0.05) is 22.2 Å². The van der Waals surface area contributed by atoms with E-state index in [0.29, 0.717) is 24.6 Å². The number of alkyl halides is 3. The molecule has 1 heterocycles. The van der Waals surface area contributed by atoms with Gasteiger partial charge in [-0.05, 0) is 76.9 Å². The van der Waals surface area contributed by atoms with Crippen LogP contribution in [-0.4, -0.2) is 17.1 Å². The Morgan fingerprint density at radius 3 is 2.31 bits per heavy atom. The number of hydrogen-bond acceptors (Lipinski definition) is 2. The number of rotatable bonds is 6. The monoisotopic (exact) mass is 595 g/mol. The van der Waals surface area contributed by atoms with Gasteiger partial charge in [0.2, 0.25) is 0 Å². The first-order valence-electron chi connectivity index (χ1n) is 10.9. The zero-order chi connectivity index (χ0) is 25.1. The van der Waals surface area contributed by atoms with E-state index in [9.17, 15) is 22.4 Å². The van der Waals surface area contributed by atoms with Gasteiger partial charge < -0.3 is 10.6 Å². The molecule has 2 N–H and O–H groups in total. The molecule has 182 valence electrons. The van der Waals surface area contributed by atoms with E-state index in [-0.39, 0.29) is 18.0 Å². The number of aromatic nitrogens is 1. The second-order valence-electron chi connectivity index (χ2n) is 8.39. The molecule has 4 rings (SSSR count). The minimum atomic E-state index is -4.77. The van der Waals surface area contributed by atoms with Crippen molar-refractivity contribution in [3.05, 3.63) is 111 Å². The standard InChI is InChI=1S/C26H22F4IN3O/c27-20-13-18(12-19(14-20)26(28,29)30)25(15-17-6-2-1-3-7-17,23-11-10-21(31)16-32-23)34-24(35)33-22-8-4-5-9-22/h1-7,10-14,16,22H,8-9,15H2,(H2,33,34,35)/t25-/m0/s1. The molecule has 1 aromatic heterocycles. The summed E-state index contributed by atoms with van der Waals surface area (Å²) < 4.78 is 56.4. The minimum Gasteiger partial charge on any atom is -0.335 e. The fourth-order valence-corrected chi connectivity index (χ4v) is 4.52. The molecular formula is C26H22F4IN3O. The van der Waals surface area contributed by atoms with Gasteiger partial charge in [0.05, 0.1) is 11.3 Å². The highest BCUT2D eigenvalue weighted by molar-refractivity contribution is 14.1. The molecule has 3 aromatic rings. The fourth-order valence-electron chi connectivity index (χ4n) is 4.20. The molecule has 9 heteroatoms. The number of benzene rings is 2. The number of nitrogens with one attached hydrogen (secondary N) is 2. The van der Waals surface area contributed by atoms with E-state index in [0.717, 1.165) is 21.3 Å². The average molecular weight is 595 g/mol. The van der Waals surface area contributed by atoms with Crippen molar-refractivity contribution < 1.29 is 22.4 Å². The smallest absolute Gasteiger partial charge is 0.335 e. The first kappa shape index (κ1) is 25.2. The van der Waals surface area contributed by atoms with Gasteiger partial charge in [-0.25, -0.2) is 9.18 Å². The number of halogens is 5. The lowest BCUT2D eigenvalue weighted by molar-refractivity contribution is -0.137. The summed E-state index contributed by atoms with van der Waals surface area (Å²) >= 11 is 2.06. The Hall–Kier alpha value is -2.95. The number of pyridine rings is 1. The van der Waals surface area contributed by atoms with E-state index in [4.69, 9.17) is 0 Å². The SMILES string of the molecule is O=C(NC1CC=CC1)N[C@@](Cc1ccccc1)(c1cc(F)cc(C(F)(F)F)c1)c1ccc(I)cn1. The largest absolute Gasteiger partial charge is 0.416 e. The summed E-state index contributed by atoms with van der Waals surface area (Å²) in [6.45, 7) is 0. The Morgan fingerprint density at radius 2 is 1.69 bits per heavy atom. The third kappa shape index (κ3) is 6.01. The van der Waals surface area contributed by atoms with Gasteiger partial charge in [-0.15, -0.1) is 0 Å². The number of carbonyl (C=O) groups excluding carboxylic acids is 1. The molecule has 0 aliphatic heterocycles. The molecule has 2 aromatic carbocycles. The van der Waals surface area contributed by atoms with Crippen LogP contribution >= 0.6 is 22.6 Å². The molecule has 1 atom stereocenters. The van der Waals surface area contributed by atoms with E-state index >= 15 is 0 Å². The summed E-state index contributed by atoms with van der Waals surface area (Å²) in [5.41, 5.74) is -1.75. The summed E-state index contributed by atoms with van der Waals surface area (Å²) in [6, 6.07) is 14.0. The number of carbonyl (C=O) groups is 1. The van der Waals surface area contributed by atoms with Gasteiger partial charge in [-0.3, -0.25) is 4.98 Å². The van der Waals surface area contributed by atoms with Gasteiger partial charge in [-0.2, -0.15) is 13.2 Å². The maximum Gasteiger partial charge on any atom is 0.416 e. The highest BCUT2D eigenvalue weighted by atomic mass is 127. The summed E-state index contributed by atoms with van der Waals surface area (Å²) in [6.07, 6.45) is 2.04. The van der Waals surface area contributed by atoms with Gasteiger partial charge in [0.1, 0.15) is 11.4 Å². The van der Waals surface area contributed by atoms with Crippen LogP contribution < -0.4 is 10.6 Å². The lowest BCUT2D eigenvalue weighted by atomic mass is 9.79. The zero-order valence-electron chi connectivity index (χ0n) is 18.4. The fraction of sp³-hybridized carbons (Fsp3) is 0.231. The summed E-state index contributed by atoms with van der Waals surface area (Å²) in [5, 5.41) is 5.76. The predicted octanol–water partition coefficient (Wildman–Crippen LogP) is 6.35. The molecule has 0 radical (unpaired) electrons. The molecule has 1 aliphatic carbocycles. The second-order valence-corrected chi connectivity index (χ2v) is 9.64. The van der Waals surface area contributed by atoms with Crippen molar-refractivity contribution >= 4 is 28.6 Å². The minimum absolute atomic E-state index is 0.0536. The highest BCUT2D eigenvalue weighted by Crippen LogP contribution is 2.37. The van der Waals surface area contributed by atoms with Gasteiger partial charge in [0.15, 0.2) is 0 Å². The Labute approximate surface area is 214 Å². The molecule has 0 spiro atoms. The van der Waals surface area contributed by atoms with Crippen molar-refractivity contribution in [3.63, 3.8) is 0 Å². The van der Waals surface area contributed by atoms with Gasteiger partial charge >= 0.3 is 12.2 Å². The van der Waals surface area contributed by atoms with Crippen molar-refractivity contribution in [2.45, 2.75) is 37.0 Å². The van der Waals surface area contributed by atoms with Crippen molar-refractivity contribution in [1.82, 2.24) is 15.6 Å². The third-order valence-electron chi connectivity index (χ3n) is 5.86. The Morgan fingerprint density at radius 1 is 1.00 bits per heavy atom. The van der Waals surface area contributed by atoms with Crippen LogP contribution in [0.2, 0.25) is 0 Å². The summed E-state index contributed by atoms with van der Waals surface area (Å²) in [5.74, 6) is -1.06. The Balaban J connectivity index is 1.89. The first-order chi connectivity index (χ1) is 16.7. The van der Waals surface area contributed by atoms with Crippen LogP contribution in [0.4, 0.5) is 22.4 Å². The first-order valence-corrected chi connectivity index (χ1v) is 12.0. The highest BCUT2D eigenvalue weighted by Gasteiger charge is 2.41. The molecule has 0 saturated carbocycles. The number of nitrogens with zero attached hydrogens (tertiary/aromatic N) is 1. The van der Waals surface area contributed by atoms with E-state index in [1.165, 1.54) is 0 Å². The molecule has 0 saturated heterocycles. The van der Waals surface area contributed by atoms with E-state index < -0.39 is 29.1 Å². The van der Waals surface area contributed by atoms with Crippen LogP contribution in [0.3, 0.4) is 0 Å². The van der Waals surface area contributed by atoms with E-state index in [1.54, 1.807) is 42.6 Å². The van der Waals surface area contributed by atoms with Crippen LogP contribution in [0.1, 0.15) is 35.2 Å². The van der Waals surface area contributed by atoms with Crippen molar-refractivity contribution in [2.75, 3.05) is 0 Å². The lowest BCUT2D eigenvalue weighted by Gasteiger charge is -2.36. The predicted molar refractivity (Wildman–Crippen MR) is 133 cm³/mol. The van der Waals surface area contributed by atoms with Crippen molar-refractivity contribution in [2.24, 2.45) is 0 Å². The molecule has 4 nitrogen and oxygen atoms in total. The number of hydrogen-bond donors (Lipinski definition) is 2. The maximum atomic E-state index is 14.6. The van der Waals surface area contributed by atoms with Gasteiger partial charge in [0.25, 0.3) is 0 Å². The molecule has 0 bridgehead atoms. The summed E-state index contributed by atoms with van der Waals surface area (Å²) in [7, 11) is 0. The van der Waals surface area contributed by atoms with Crippen LogP contribution in [0, 0.1) is 9.39 Å². The number of amides is 2. The molecule has 0 unspecified atom stereocenters. The lowest BCUT2D eigenvalue weighted by Crippen LogP contribution is -2.54. The third-order valence-corrected chi connectivity index (χ3v) is 6.50. The van der Waals surface area contributed by atoms with Crippen LogP contribution in [0.25, 0.3) is 0 Å². The Kier molecular flexibility index (Phi) is 7.44. The van der Waals surface area contributed by atoms with Crippen LogP contribution in [0.5, 0.6) is 0 Å². The van der Waals surface area contributed by atoms with E-state index in [2.05, 4.69) is 38.2 Å². The molecular weight excluding hydrogens is 573 g/mol. The van der Waals surface area contributed by atoms with Crippen LogP contribution in [-0.2, 0) is 18.1 Å². The molecule has 0 fully saturated rings.